The normalized spacial score (nSPS) is 17.8. The highest BCUT2D eigenvalue weighted by atomic mass is 16.5. The molecule has 1 aromatic rings. The summed E-state index contributed by atoms with van der Waals surface area (Å²) in [5.41, 5.74) is 2.70. The highest BCUT2D eigenvalue weighted by Gasteiger charge is 2.32. The molecule has 1 saturated carbocycles. The van der Waals surface area contributed by atoms with Crippen LogP contribution >= 0.6 is 0 Å². The van der Waals surface area contributed by atoms with Crippen molar-refractivity contribution in [1.29, 1.82) is 0 Å². The van der Waals surface area contributed by atoms with Crippen LogP contribution in [-0.4, -0.2) is 43.2 Å². The Morgan fingerprint density at radius 2 is 1.74 bits per heavy atom. The molecule has 0 bridgehead atoms. The van der Waals surface area contributed by atoms with Gasteiger partial charge in [-0.3, -0.25) is 0 Å². The lowest BCUT2D eigenvalue weighted by Crippen LogP contribution is -2.53. The summed E-state index contributed by atoms with van der Waals surface area (Å²) in [6, 6.07) is 6.62. The van der Waals surface area contributed by atoms with Crippen LogP contribution in [-0.2, 0) is 4.74 Å². The molecule has 2 rings (SSSR count). The van der Waals surface area contributed by atoms with E-state index in [2.05, 4.69) is 14.1 Å². The molecule has 128 valence electrons. The predicted octanol–water partition coefficient (Wildman–Crippen LogP) is 4.26. The molecule has 23 heavy (non-hydrogen) atoms. The number of hydrogen-bond acceptors (Lipinski definition) is 2. The van der Waals surface area contributed by atoms with Crippen molar-refractivity contribution < 1.29 is 14.0 Å². The Bertz CT molecular complexity index is 524. The number of carbonyl (C=O) groups excluding carboxylic acids is 1. The first-order chi connectivity index (χ1) is 10.8. The molecule has 3 nitrogen and oxygen atoms in total. The topological polar surface area (TPSA) is 26.3 Å². The molecule has 0 radical (unpaired) electrons. The zero-order valence-corrected chi connectivity index (χ0v) is 15.4. The number of carbonyl (C=O) groups is 1. The largest absolute Gasteiger partial charge is 0.453 e. The zero-order valence-electron chi connectivity index (χ0n) is 15.4. The number of hydrogen-bond donors (Lipinski definition) is 0. The third kappa shape index (κ3) is 4.57. The lowest BCUT2D eigenvalue weighted by molar-refractivity contribution is -0.918. The minimum Gasteiger partial charge on any atom is -0.453 e. The van der Waals surface area contributed by atoms with Crippen LogP contribution in [0.5, 0.6) is 0 Å². The van der Waals surface area contributed by atoms with Crippen molar-refractivity contribution in [3.8, 4) is 0 Å². The van der Waals surface area contributed by atoms with Gasteiger partial charge >= 0.3 is 5.97 Å². The van der Waals surface area contributed by atoms with Gasteiger partial charge in [0.1, 0.15) is 12.6 Å². The lowest BCUT2D eigenvalue weighted by Gasteiger charge is -2.41. The molecule has 0 saturated heterocycles. The highest BCUT2D eigenvalue weighted by molar-refractivity contribution is 5.92. The van der Waals surface area contributed by atoms with Crippen molar-refractivity contribution >= 4 is 5.97 Å². The van der Waals surface area contributed by atoms with E-state index < -0.39 is 0 Å². The molecule has 0 unspecified atom stereocenters. The molecule has 1 aromatic carbocycles. The molecule has 0 amide bonds. The Balaban J connectivity index is 1.98. The first-order valence-electron chi connectivity index (χ1n) is 8.91. The lowest BCUT2D eigenvalue weighted by atomic mass is 9.93. The van der Waals surface area contributed by atoms with Crippen molar-refractivity contribution in [2.75, 3.05) is 20.6 Å². The molecule has 1 aliphatic carbocycles. The molecule has 0 spiro atoms. The average Bonchev–Trinajstić information content (AvgIpc) is 2.47. The second-order valence-electron chi connectivity index (χ2n) is 7.74. The van der Waals surface area contributed by atoms with Crippen molar-refractivity contribution in [3.63, 3.8) is 0 Å². The maximum Gasteiger partial charge on any atom is 0.339 e. The van der Waals surface area contributed by atoms with Crippen molar-refractivity contribution in [1.82, 2.24) is 0 Å². The Labute approximate surface area is 141 Å². The van der Waals surface area contributed by atoms with E-state index >= 15 is 0 Å². The number of likely N-dealkylation sites (N-methyl/N-ethyl adjacent to an activating group) is 1. The van der Waals surface area contributed by atoms with Crippen LogP contribution in [0.25, 0.3) is 0 Å². The van der Waals surface area contributed by atoms with E-state index in [9.17, 15) is 4.79 Å². The van der Waals surface area contributed by atoms with Crippen LogP contribution in [0.3, 0.4) is 0 Å². The van der Waals surface area contributed by atoms with Gasteiger partial charge in [-0.25, -0.2) is 4.79 Å². The third-order valence-corrected chi connectivity index (χ3v) is 5.28. The van der Waals surface area contributed by atoms with Gasteiger partial charge < -0.3 is 9.22 Å². The standard InChI is InChI=1S/C20H32NO2/c1-15-10-9-11-16(2)19(15)20(22)23-17(3)14-21(4,5)18-12-7-6-8-13-18/h9-11,17-18H,6-8,12-14H2,1-5H3/q+1/t17-/m0/s1. The van der Waals surface area contributed by atoms with Crippen LogP contribution in [0, 0.1) is 13.8 Å². The molecule has 3 heteroatoms. The van der Waals surface area contributed by atoms with E-state index in [4.69, 9.17) is 4.74 Å². The summed E-state index contributed by atoms with van der Waals surface area (Å²) in [6.07, 6.45) is 6.56. The Kier molecular flexibility index (Phi) is 5.85. The first kappa shape index (κ1) is 18.0. The quantitative estimate of drug-likeness (QED) is 0.599. The van der Waals surface area contributed by atoms with E-state index in [1.54, 1.807) is 0 Å². The third-order valence-electron chi connectivity index (χ3n) is 5.28. The van der Waals surface area contributed by atoms with E-state index in [1.165, 1.54) is 32.1 Å². The van der Waals surface area contributed by atoms with Crippen LogP contribution in [0.4, 0.5) is 0 Å². The predicted molar refractivity (Wildman–Crippen MR) is 94.6 cm³/mol. The van der Waals surface area contributed by atoms with E-state index in [1.807, 2.05) is 39.0 Å². The van der Waals surface area contributed by atoms with E-state index in [0.29, 0.717) is 6.04 Å². The second kappa shape index (κ2) is 7.48. The van der Waals surface area contributed by atoms with Gasteiger partial charge in [-0.1, -0.05) is 24.6 Å². The maximum atomic E-state index is 12.5. The second-order valence-corrected chi connectivity index (χ2v) is 7.74. The molecule has 1 aliphatic rings. The number of aryl methyl sites for hydroxylation is 2. The minimum atomic E-state index is -0.184. The number of rotatable bonds is 5. The number of nitrogens with zero attached hydrogens (tertiary/aromatic N) is 1. The first-order valence-corrected chi connectivity index (χ1v) is 8.91. The van der Waals surface area contributed by atoms with Gasteiger partial charge in [0, 0.05) is 0 Å². The fourth-order valence-electron chi connectivity index (χ4n) is 4.01. The van der Waals surface area contributed by atoms with Gasteiger partial charge in [-0.15, -0.1) is 0 Å². The monoisotopic (exact) mass is 318 g/mol. The van der Waals surface area contributed by atoms with Crippen molar-refractivity contribution in [2.24, 2.45) is 0 Å². The number of esters is 1. The fraction of sp³-hybridized carbons (Fsp3) is 0.650. The smallest absolute Gasteiger partial charge is 0.339 e. The van der Waals surface area contributed by atoms with Gasteiger partial charge in [0.25, 0.3) is 0 Å². The summed E-state index contributed by atoms with van der Waals surface area (Å²) in [5, 5.41) is 0. The van der Waals surface area contributed by atoms with E-state index in [-0.39, 0.29) is 12.1 Å². The number of quaternary nitrogens is 1. The van der Waals surface area contributed by atoms with E-state index in [0.717, 1.165) is 27.7 Å². The SMILES string of the molecule is Cc1cccc(C)c1C(=O)O[C@@H](C)C[N+](C)(C)C1CCCCC1. The Morgan fingerprint density at radius 1 is 1.17 bits per heavy atom. The molecular formula is C20H32NO2+. The van der Waals surface area contributed by atoms with Gasteiger partial charge in [-0.2, -0.15) is 0 Å². The Morgan fingerprint density at radius 3 is 2.30 bits per heavy atom. The highest BCUT2D eigenvalue weighted by Crippen LogP contribution is 2.26. The molecular weight excluding hydrogens is 286 g/mol. The molecule has 0 heterocycles. The molecule has 1 atom stereocenters. The number of benzene rings is 1. The maximum absolute atomic E-state index is 12.5. The van der Waals surface area contributed by atoms with Crippen LogP contribution in [0.1, 0.15) is 60.5 Å². The molecule has 0 N–H and O–H groups in total. The zero-order chi connectivity index (χ0) is 17.0. The summed E-state index contributed by atoms with van der Waals surface area (Å²) in [6.45, 7) is 6.84. The molecule has 0 aliphatic heterocycles. The summed E-state index contributed by atoms with van der Waals surface area (Å²) < 4.78 is 6.72. The Hall–Kier alpha value is -1.35. The van der Waals surface area contributed by atoms with Crippen LogP contribution < -0.4 is 0 Å². The fourth-order valence-corrected chi connectivity index (χ4v) is 4.01. The summed E-state index contributed by atoms with van der Waals surface area (Å²) in [7, 11) is 4.55. The van der Waals surface area contributed by atoms with Crippen LogP contribution in [0.15, 0.2) is 18.2 Å². The molecule has 1 fully saturated rings. The van der Waals surface area contributed by atoms with Crippen LogP contribution in [0.2, 0.25) is 0 Å². The average molecular weight is 318 g/mol. The van der Waals surface area contributed by atoms with Crippen molar-refractivity contribution in [3.05, 3.63) is 34.9 Å². The summed E-state index contributed by atoms with van der Waals surface area (Å²) in [4.78, 5) is 12.5. The van der Waals surface area contributed by atoms with Crippen molar-refractivity contribution in [2.45, 2.75) is 65.0 Å². The minimum absolute atomic E-state index is 0.0709. The molecule has 0 aromatic heterocycles. The number of ether oxygens (including phenoxy) is 1. The summed E-state index contributed by atoms with van der Waals surface area (Å²) >= 11 is 0. The van der Waals surface area contributed by atoms with Gasteiger partial charge in [0.05, 0.1) is 25.7 Å². The van der Waals surface area contributed by atoms with Gasteiger partial charge in [-0.05, 0) is 57.6 Å². The van der Waals surface area contributed by atoms with Gasteiger partial charge in [0.15, 0.2) is 0 Å². The van der Waals surface area contributed by atoms with Gasteiger partial charge in [0.2, 0.25) is 0 Å². The summed E-state index contributed by atoms with van der Waals surface area (Å²) in [5.74, 6) is -0.184.